The monoisotopic (exact) mass is 401 g/mol. The molecule has 0 amide bonds. The van der Waals surface area contributed by atoms with Crippen molar-refractivity contribution in [2.45, 2.75) is 38.3 Å². The molecule has 3 fully saturated rings. The number of nitrogens with zero attached hydrogens (tertiary/aromatic N) is 3. The van der Waals surface area contributed by atoms with Crippen molar-refractivity contribution in [3.63, 3.8) is 0 Å². The molecule has 2 N–H and O–H groups in total. The predicted molar refractivity (Wildman–Crippen MR) is 96.6 cm³/mol. The number of alkyl halides is 2. The van der Waals surface area contributed by atoms with Crippen LogP contribution in [-0.2, 0) is 10.7 Å². The fraction of sp³-hybridized carbons (Fsp3) is 0.667. The van der Waals surface area contributed by atoms with E-state index in [1.54, 1.807) is 11.0 Å². The summed E-state index contributed by atoms with van der Waals surface area (Å²) in [4.78, 5) is 18.7. The van der Waals surface area contributed by atoms with Crippen LogP contribution in [0.25, 0.3) is 0 Å². The van der Waals surface area contributed by atoms with Gasteiger partial charge in [0.15, 0.2) is 0 Å². The van der Waals surface area contributed by atoms with Gasteiger partial charge >= 0.3 is 5.97 Å². The third-order valence-electron chi connectivity index (χ3n) is 6.19. The molecule has 27 heavy (non-hydrogen) atoms. The van der Waals surface area contributed by atoms with Gasteiger partial charge in [-0.05, 0) is 24.7 Å². The molecule has 4 rings (SSSR count). The Kier molecular flexibility index (Phi) is 4.27. The highest BCUT2D eigenvalue weighted by molar-refractivity contribution is 6.34. The summed E-state index contributed by atoms with van der Waals surface area (Å²) < 4.78 is 28.2. The Morgan fingerprint density at radius 2 is 2.00 bits per heavy atom. The van der Waals surface area contributed by atoms with E-state index in [0.29, 0.717) is 31.1 Å². The smallest absolute Gasteiger partial charge is 0.303 e. The van der Waals surface area contributed by atoms with Gasteiger partial charge in [0.05, 0.1) is 22.9 Å². The number of piperidine rings is 1. The first-order valence-electron chi connectivity index (χ1n) is 9.08. The maximum Gasteiger partial charge on any atom is 0.303 e. The molecule has 0 spiro atoms. The summed E-state index contributed by atoms with van der Waals surface area (Å²) in [5, 5.41) is 18.7. The molecular formula is C18H22ClF2N3O3. The van der Waals surface area contributed by atoms with Gasteiger partial charge in [0, 0.05) is 39.0 Å². The van der Waals surface area contributed by atoms with Gasteiger partial charge in [-0.15, -0.1) is 0 Å². The van der Waals surface area contributed by atoms with Crippen molar-refractivity contribution >= 4 is 29.1 Å². The minimum Gasteiger partial charge on any atom is -0.481 e. The van der Waals surface area contributed by atoms with E-state index in [1.165, 1.54) is 0 Å². The number of hydrogen-bond donors (Lipinski definition) is 2. The van der Waals surface area contributed by atoms with Crippen LogP contribution >= 0.6 is 11.6 Å². The molecule has 6 nitrogen and oxygen atoms in total. The number of halogens is 3. The van der Waals surface area contributed by atoms with E-state index in [2.05, 4.69) is 4.98 Å². The van der Waals surface area contributed by atoms with Gasteiger partial charge in [-0.1, -0.05) is 11.6 Å². The zero-order chi connectivity index (χ0) is 19.7. The first-order chi connectivity index (χ1) is 12.6. The number of β-amino-alcohol motifs (C(OH)–C–C–N with tert-alkyl or cyclic N) is 1. The second-order valence-electron chi connectivity index (χ2n) is 8.01. The number of fused-ring (bicyclic) bond motifs is 1. The Hall–Kier alpha value is -1.67. The molecule has 1 aromatic heterocycles. The van der Waals surface area contributed by atoms with E-state index >= 15 is 0 Å². The number of aromatic nitrogens is 1. The summed E-state index contributed by atoms with van der Waals surface area (Å²) >= 11 is 6.31. The van der Waals surface area contributed by atoms with E-state index in [-0.39, 0.29) is 35.2 Å². The Morgan fingerprint density at radius 3 is 2.48 bits per heavy atom. The minimum atomic E-state index is -3.19. The van der Waals surface area contributed by atoms with E-state index < -0.39 is 23.7 Å². The fourth-order valence-electron chi connectivity index (χ4n) is 4.41. The SMILES string of the molecule is C[C@H]1[C@H](O)CN1c1cc(N2C[C@@H]3[C@@H](CC(=O)O)[C@@H]3C2)c(Cl)c(C(C)(F)F)n1. The van der Waals surface area contributed by atoms with E-state index in [0.717, 1.165) is 6.92 Å². The van der Waals surface area contributed by atoms with Crippen molar-refractivity contribution in [3.8, 4) is 0 Å². The van der Waals surface area contributed by atoms with Crippen LogP contribution < -0.4 is 9.80 Å². The zero-order valence-corrected chi connectivity index (χ0v) is 15.8. The van der Waals surface area contributed by atoms with E-state index in [1.807, 2.05) is 11.8 Å². The van der Waals surface area contributed by atoms with Crippen LogP contribution in [-0.4, -0.2) is 52.9 Å². The van der Waals surface area contributed by atoms with Gasteiger partial charge < -0.3 is 20.0 Å². The van der Waals surface area contributed by atoms with Crippen molar-refractivity contribution in [3.05, 3.63) is 16.8 Å². The van der Waals surface area contributed by atoms with Gasteiger partial charge in [0.2, 0.25) is 0 Å². The molecule has 2 saturated heterocycles. The van der Waals surface area contributed by atoms with Crippen molar-refractivity contribution in [2.24, 2.45) is 17.8 Å². The average molecular weight is 402 g/mol. The summed E-state index contributed by atoms with van der Waals surface area (Å²) in [7, 11) is 0. The van der Waals surface area contributed by atoms with Crippen LogP contribution in [0.3, 0.4) is 0 Å². The lowest BCUT2D eigenvalue weighted by Gasteiger charge is -2.44. The lowest BCUT2D eigenvalue weighted by Crippen LogP contribution is -2.59. The molecule has 3 heterocycles. The highest BCUT2D eigenvalue weighted by Gasteiger charge is 2.56. The molecule has 5 atom stereocenters. The molecule has 0 radical (unpaired) electrons. The number of carbonyl (C=O) groups is 1. The highest BCUT2D eigenvalue weighted by atomic mass is 35.5. The Bertz CT molecular complexity index is 776. The van der Waals surface area contributed by atoms with Crippen molar-refractivity contribution < 1.29 is 23.8 Å². The van der Waals surface area contributed by atoms with Crippen LogP contribution in [0.4, 0.5) is 20.3 Å². The summed E-state index contributed by atoms with van der Waals surface area (Å²) in [5.74, 6) is -2.91. The van der Waals surface area contributed by atoms with Crippen molar-refractivity contribution in [1.82, 2.24) is 4.98 Å². The lowest BCUT2D eigenvalue weighted by atomic mass is 10.0. The molecule has 1 aliphatic carbocycles. The topological polar surface area (TPSA) is 76.9 Å². The number of anilines is 2. The summed E-state index contributed by atoms with van der Waals surface area (Å²) in [5.41, 5.74) is 0.0426. The van der Waals surface area contributed by atoms with Crippen LogP contribution in [0.2, 0.25) is 5.02 Å². The maximum absolute atomic E-state index is 14.1. The number of carboxylic acids is 1. The van der Waals surface area contributed by atoms with Gasteiger partial charge in [0.25, 0.3) is 5.92 Å². The standard InChI is InChI=1S/C18H22ClF2N3O3/c1-8-13(25)7-24(8)14-4-12(16(19)17(22-14)18(2,20)21)23-5-10-9(3-15(26)27)11(10)6-23/h4,8-11,13,25H,3,5-7H2,1-2H3,(H,26,27)/t8-,9-,10-,11+,13+/m0/s1. The van der Waals surface area contributed by atoms with Gasteiger partial charge in [-0.3, -0.25) is 4.79 Å². The average Bonchev–Trinajstić information content (AvgIpc) is 3.02. The van der Waals surface area contributed by atoms with Crippen LogP contribution in [0.15, 0.2) is 6.07 Å². The quantitative estimate of drug-likeness (QED) is 0.789. The number of rotatable bonds is 5. The number of aliphatic hydroxyl groups excluding tert-OH is 1. The van der Waals surface area contributed by atoms with E-state index in [9.17, 15) is 18.7 Å². The van der Waals surface area contributed by atoms with Crippen LogP contribution in [0.5, 0.6) is 0 Å². The largest absolute Gasteiger partial charge is 0.481 e. The molecule has 1 saturated carbocycles. The lowest BCUT2D eigenvalue weighted by molar-refractivity contribution is -0.137. The molecule has 2 aliphatic heterocycles. The number of aliphatic carboxylic acids is 1. The molecule has 0 aromatic carbocycles. The summed E-state index contributed by atoms with van der Waals surface area (Å²) in [6.07, 6.45) is -0.354. The molecule has 1 aromatic rings. The molecule has 0 unspecified atom stereocenters. The highest BCUT2D eigenvalue weighted by Crippen LogP contribution is 2.55. The number of pyridine rings is 1. The molecule has 0 bridgehead atoms. The molecule has 148 valence electrons. The molecular weight excluding hydrogens is 380 g/mol. The van der Waals surface area contributed by atoms with Crippen molar-refractivity contribution in [2.75, 3.05) is 29.4 Å². The normalized spacial score (nSPS) is 32.3. The zero-order valence-electron chi connectivity index (χ0n) is 15.1. The third-order valence-corrected chi connectivity index (χ3v) is 6.56. The summed E-state index contributed by atoms with van der Waals surface area (Å²) in [6, 6.07) is 1.51. The molecule has 9 heteroatoms. The van der Waals surface area contributed by atoms with Crippen LogP contribution in [0, 0.1) is 17.8 Å². The minimum absolute atomic E-state index is 0.0592. The maximum atomic E-state index is 14.1. The second kappa shape index (κ2) is 6.17. The van der Waals surface area contributed by atoms with Gasteiger partial charge in [-0.2, -0.15) is 8.78 Å². The van der Waals surface area contributed by atoms with Gasteiger partial charge in [-0.25, -0.2) is 4.98 Å². The Morgan fingerprint density at radius 1 is 1.37 bits per heavy atom. The van der Waals surface area contributed by atoms with E-state index in [4.69, 9.17) is 16.7 Å². The number of carboxylic acid groups (broad SMARTS) is 1. The third kappa shape index (κ3) is 3.12. The van der Waals surface area contributed by atoms with Crippen molar-refractivity contribution in [1.29, 1.82) is 0 Å². The fourth-order valence-corrected chi connectivity index (χ4v) is 4.80. The second-order valence-corrected chi connectivity index (χ2v) is 8.38. The van der Waals surface area contributed by atoms with Crippen LogP contribution in [0.1, 0.15) is 26.0 Å². The first-order valence-corrected chi connectivity index (χ1v) is 9.46. The van der Waals surface area contributed by atoms with Gasteiger partial charge in [0.1, 0.15) is 11.5 Å². The first kappa shape index (κ1) is 18.7. The predicted octanol–water partition coefficient (Wildman–Crippen LogP) is 2.57. The Balaban J connectivity index is 1.62. The molecule has 3 aliphatic rings. The Labute approximate surface area is 160 Å². The number of hydrogen-bond acceptors (Lipinski definition) is 5. The summed E-state index contributed by atoms with van der Waals surface area (Å²) in [6.45, 7) is 4.15. The number of aliphatic hydroxyl groups is 1.